The molecule has 0 amide bonds. The molecular formula is C11H17FN2O2. The Hall–Kier alpha value is -1.57. The maximum Gasteiger partial charge on any atom is 0.325 e. The van der Waals surface area contributed by atoms with Gasteiger partial charge < -0.3 is 9.64 Å². The number of ether oxygens (including phenoxy) is 1. The van der Waals surface area contributed by atoms with E-state index in [2.05, 4.69) is 4.74 Å². The zero-order valence-corrected chi connectivity index (χ0v) is 9.70. The lowest BCUT2D eigenvalue weighted by molar-refractivity contribution is -0.141. The molecule has 0 bridgehead atoms. The fourth-order valence-corrected chi connectivity index (χ4v) is 1.11. The Bertz CT molecular complexity index is 284. The maximum atomic E-state index is 11.9. The van der Waals surface area contributed by atoms with Crippen molar-refractivity contribution in [3.8, 4) is 6.07 Å². The number of hydrogen-bond donors (Lipinski definition) is 0. The predicted molar refractivity (Wildman–Crippen MR) is 58.2 cm³/mol. The lowest BCUT2D eigenvalue weighted by atomic mass is 10.2. The highest BCUT2D eigenvalue weighted by molar-refractivity contribution is 5.71. The van der Waals surface area contributed by atoms with Crippen molar-refractivity contribution in [2.75, 3.05) is 26.9 Å². The second kappa shape index (κ2) is 8.72. The molecule has 0 N–H and O–H groups in total. The van der Waals surface area contributed by atoms with Gasteiger partial charge in [0.1, 0.15) is 6.54 Å². The van der Waals surface area contributed by atoms with Crippen molar-refractivity contribution in [1.29, 1.82) is 5.26 Å². The van der Waals surface area contributed by atoms with Crippen molar-refractivity contribution in [3.63, 3.8) is 0 Å². The van der Waals surface area contributed by atoms with Gasteiger partial charge in [-0.2, -0.15) is 5.26 Å². The van der Waals surface area contributed by atoms with E-state index in [4.69, 9.17) is 5.26 Å². The first-order chi connectivity index (χ1) is 7.67. The number of likely N-dealkylation sites (N-methyl/N-ethyl adjacent to an activating group) is 1. The maximum absolute atomic E-state index is 11.9. The Labute approximate surface area is 95.3 Å². The van der Waals surface area contributed by atoms with Crippen LogP contribution >= 0.6 is 0 Å². The topological polar surface area (TPSA) is 53.3 Å². The molecule has 0 fully saturated rings. The van der Waals surface area contributed by atoms with Crippen molar-refractivity contribution in [2.45, 2.75) is 19.8 Å². The lowest BCUT2D eigenvalue weighted by Crippen LogP contribution is -2.26. The molecule has 0 atom stereocenters. The SMILES string of the molecule is CCN(/C=C(\C#N)CCCF)CC(=O)OC. The van der Waals surface area contributed by atoms with Crippen LogP contribution in [0.5, 0.6) is 0 Å². The zero-order valence-electron chi connectivity index (χ0n) is 9.70. The summed E-state index contributed by atoms with van der Waals surface area (Å²) in [6.45, 7) is 2.12. The molecule has 0 aromatic heterocycles. The van der Waals surface area contributed by atoms with Crippen molar-refractivity contribution in [2.24, 2.45) is 0 Å². The normalized spacial score (nSPS) is 10.8. The summed E-state index contributed by atoms with van der Waals surface area (Å²) in [5, 5.41) is 8.80. The van der Waals surface area contributed by atoms with Crippen LogP contribution in [0.4, 0.5) is 4.39 Å². The number of allylic oxidation sites excluding steroid dienone is 1. The predicted octanol–water partition coefficient (Wildman–Crippen LogP) is 1.64. The molecule has 0 aliphatic carbocycles. The van der Waals surface area contributed by atoms with E-state index in [1.165, 1.54) is 7.11 Å². The second-order valence-electron chi connectivity index (χ2n) is 3.20. The molecule has 0 aromatic carbocycles. The van der Waals surface area contributed by atoms with E-state index in [-0.39, 0.29) is 12.5 Å². The number of nitrogens with zero attached hydrogens (tertiary/aromatic N) is 2. The van der Waals surface area contributed by atoms with Crippen molar-refractivity contribution < 1.29 is 13.9 Å². The molecule has 0 unspecified atom stereocenters. The largest absolute Gasteiger partial charge is 0.468 e. The van der Waals surface area contributed by atoms with Gasteiger partial charge >= 0.3 is 5.97 Å². The Kier molecular flexibility index (Phi) is 7.86. The average Bonchev–Trinajstić information content (AvgIpc) is 2.32. The van der Waals surface area contributed by atoms with Crippen LogP contribution in [0.2, 0.25) is 0 Å². The van der Waals surface area contributed by atoms with Crippen LogP contribution in [0.15, 0.2) is 11.8 Å². The molecule has 0 rings (SSSR count). The number of esters is 1. The van der Waals surface area contributed by atoms with Gasteiger partial charge in [0.15, 0.2) is 0 Å². The standard InChI is InChI=1S/C11H17FN2O2/c1-3-14(9-11(15)16-2)8-10(7-13)5-4-6-12/h8H,3-6,9H2,1-2H3/b10-8-. The van der Waals surface area contributed by atoms with Crippen LogP contribution in [0.1, 0.15) is 19.8 Å². The number of nitriles is 1. The van der Waals surface area contributed by atoms with Crippen molar-refractivity contribution in [3.05, 3.63) is 11.8 Å². The van der Waals surface area contributed by atoms with E-state index in [1.807, 2.05) is 13.0 Å². The fraction of sp³-hybridized carbons (Fsp3) is 0.636. The van der Waals surface area contributed by atoms with Gasteiger partial charge in [-0.3, -0.25) is 9.18 Å². The van der Waals surface area contributed by atoms with Crippen LogP contribution in [0.3, 0.4) is 0 Å². The fourth-order valence-electron chi connectivity index (χ4n) is 1.11. The molecule has 90 valence electrons. The smallest absolute Gasteiger partial charge is 0.325 e. The minimum absolute atomic E-state index is 0.105. The highest BCUT2D eigenvalue weighted by Crippen LogP contribution is 2.06. The Balaban J connectivity index is 4.39. The summed E-state index contributed by atoms with van der Waals surface area (Å²) in [5.74, 6) is -0.360. The summed E-state index contributed by atoms with van der Waals surface area (Å²) in [6.07, 6.45) is 2.31. The van der Waals surface area contributed by atoms with Crippen molar-refractivity contribution >= 4 is 5.97 Å². The van der Waals surface area contributed by atoms with Gasteiger partial charge in [0.05, 0.1) is 19.9 Å². The van der Waals surface area contributed by atoms with Gasteiger partial charge in [-0.1, -0.05) is 0 Å². The average molecular weight is 228 g/mol. The summed E-state index contributed by atoms with van der Waals surface area (Å²) < 4.78 is 16.5. The summed E-state index contributed by atoms with van der Waals surface area (Å²) in [4.78, 5) is 12.7. The van der Waals surface area contributed by atoms with Crippen LogP contribution in [0, 0.1) is 11.3 Å². The Morgan fingerprint density at radius 3 is 2.75 bits per heavy atom. The van der Waals surface area contributed by atoms with Crippen LogP contribution in [0.25, 0.3) is 0 Å². The molecule has 0 saturated carbocycles. The number of carbonyl (C=O) groups excluding carboxylic acids is 1. The number of alkyl halides is 1. The van der Waals surface area contributed by atoms with E-state index >= 15 is 0 Å². The minimum Gasteiger partial charge on any atom is -0.468 e. The molecule has 0 spiro atoms. The number of methoxy groups -OCH3 is 1. The molecule has 16 heavy (non-hydrogen) atoms. The van der Waals surface area contributed by atoms with E-state index in [0.717, 1.165) is 0 Å². The van der Waals surface area contributed by atoms with Crippen LogP contribution < -0.4 is 0 Å². The minimum atomic E-state index is -0.442. The first kappa shape index (κ1) is 14.4. The lowest BCUT2D eigenvalue weighted by Gasteiger charge is -2.16. The summed E-state index contributed by atoms with van der Waals surface area (Å²) >= 11 is 0. The van der Waals surface area contributed by atoms with Gasteiger partial charge in [0.2, 0.25) is 0 Å². The molecule has 0 aromatic rings. The number of carbonyl (C=O) groups is 1. The first-order valence-corrected chi connectivity index (χ1v) is 5.15. The monoisotopic (exact) mass is 228 g/mol. The van der Waals surface area contributed by atoms with Gasteiger partial charge in [-0.15, -0.1) is 0 Å². The van der Waals surface area contributed by atoms with Crippen molar-refractivity contribution in [1.82, 2.24) is 4.90 Å². The molecule has 0 radical (unpaired) electrons. The molecule has 5 heteroatoms. The third-order valence-electron chi connectivity index (χ3n) is 2.03. The third kappa shape index (κ3) is 6.02. The molecule has 0 aliphatic heterocycles. The molecule has 0 aliphatic rings. The molecule has 4 nitrogen and oxygen atoms in total. The summed E-state index contributed by atoms with van der Waals surface area (Å²) in [5.41, 5.74) is 0.475. The number of hydrogen-bond acceptors (Lipinski definition) is 4. The molecular weight excluding hydrogens is 211 g/mol. The van der Waals surface area contributed by atoms with Gasteiger partial charge in [0, 0.05) is 18.3 Å². The first-order valence-electron chi connectivity index (χ1n) is 5.15. The van der Waals surface area contributed by atoms with E-state index in [0.29, 0.717) is 25.0 Å². The highest BCUT2D eigenvalue weighted by Gasteiger charge is 2.06. The van der Waals surface area contributed by atoms with E-state index in [9.17, 15) is 9.18 Å². The Morgan fingerprint density at radius 1 is 1.62 bits per heavy atom. The summed E-state index contributed by atoms with van der Waals surface area (Å²) in [6, 6.07) is 1.99. The number of rotatable bonds is 7. The third-order valence-corrected chi connectivity index (χ3v) is 2.03. The van der Waals surface area contributed by atoms with Crippen LogP contribution in [-0.4, -0.2) is 37.7 Å². The van der Waals surface area contributed by atoms with Gasteiger partial charge in [0.25, 0.3) is 0 Å². The van der Waals surface area contributed by atoms with Gasteiger partial charge in [-0.05, 0) is 19.8 Å². The molecule has 0 heterocycles. The summed E-state index contributed by atoms with van der Waals surface area (Å²) in [7, 11) is 1.31. The Morgan fingerprint density at radius 2 is 2.31 bits per heavy atom. The quantitative estimate of drug-likeness (QED) is 0.491. The highest BCUT2D eigenvalue weighted by atomic mass is 19.1. The second-order valence-corrected chi connectivity index (χ2v) is 3.20. The zero-order chi connectivity index (χ0) is 12.4. The molecule has 0 saturated heterocycles. The number of halogens is 1. The van der Waals surface area contributed by atoms with Crippen LogP contribution in [-0.2, 0) is 9.53 Å². The van der Waals surface area contributed by atoms with E-state index in [1.54, 1.807) is 11.1 Å². The van der Waals surface area contributed by atoms with Gasteiger partial charge in [-0.25, -0.2) is 0 Å². The van der Waals surface area contributed by atoms with E-state index < -0.39 is 6.67 Å².